The van der Waals surface area contributed by atoms with E-state index in [1.807, 2.05) is 24.0 Å². The molecule has 28 heavy (non-hydrogen) atoms. The van der Waals surface area contributed by atoms with Crippen molar-refractivity contribution in [2.45, 2.75) is 50.3 Å². The lowest BCUT2D eigenvalue weighted by Gasteiger charge is -2.28. The van der Waals surface area contributed by atoms with Crippen LogP contribution in [0.5, 0.6) is 0 Å². The van der Waals surface area contributed by atoms with E-state index in [1.165, 1.54) is 30.5 Å². The van der Waals surface area contributed by atoms with E-state index in [1.54, 1.807) is 6.33 Å². The molecule has 2 atom stereocenters. The average molecular weight is 386 g/mol. The molecule has 1 saturated heterocycles. The number of nitrogens with zero attached hydrogens (tertiary/aromatic N) is 6. The van der Waals surface area contributed by atoms with Gasteiger partial charge in [-0.05, 0) is 44.8 Å². The fourth-order valence-corrected chi connectivity index (χ4v) is 4.30. The van der Waals surface area contributed by atoms with Gasteiger partial charge in [0.05, 0.1) is 24.5 Å². The Balaban J connectivity index is 1.46. The monoisotopic (exact) mass is 385 g/mol. The van der Waals surface area contributed by atoms with Gasteiger partial charge in [0.25, 0.3) is 0 Å². The van der Waals surface area contributed by atoms with Crippen LogP contribution in [0.2, 0.25) is 0 Å². The lowest BCUT2D eigenvalue weighted by molar-refractivity contribution is 0.191. The van der Waals surface area contributed by atoms with Crippen molar-refractivity contribution < 1.29 is 5.11 Å². The molecule has 3 heterocycles. The highest BCUT2D eigenvalue weighted by molar-refractivity contribution is 5.50. The van der Waals surface area contributed by atoms with Gasteiger partial charge in [0.2, 0.25) is 0 Å². The first-order valence-corrected chi connectivity index (χ1v) is 10.2. The van der Waals surface area contributed by atoms with E-state index in [0.29, 0.717) is 19.0 Å². The maximum absolute atomic E-state index is 10.2. The second kappa shape index (κ2) is 8.05. The molecule has 2 aromatic rings. The van der Waals surface area contributed by atoms with Crippen LogP contribution in [0.15, 0.2) is 18.6 Å². The van der Waals surface area contributed by atoms with Crippen molar-refractivity contribution in [3.8, 4) is 0 Å². The molecule has 0 aromatic carbocycles. The second-order valence-electron chi connectivity index (χ2n) is 8.37. The lowest BCUT2D eigenvalue weighted by atomic mass is 9.80. The number of rotatable bonds is 7. The Kier molecular flexibility index (Phi) is 5.50. The van der Waals surface area contributed by atoms with E-state index in [2.05, 4.69) is 44.3 Å². The molecule has 8 nitrogen and oxygen atoms in total. The van der Waals surface area contributed by atoms with E-state index < -0.39 is 0 Å². The van der Waals surface area contributed by atoms with Crippen molar-refractivity contribution in [1.29, 1.82) is 0 Å². The highest BCUT2D eigenvalue weighted by Gasteiger charge is 2.32. The molecule has 0 unspecified atom stereocenters. The first-order valence-electron chi connectivity index (χ1n) is 10.2. The van der Waals surface area contributed by atoms with Gasteiger partial charge in [0.15, 0.2) is 0 Å². The highest BCUT2D eigenvalue weighted by Crippen LogP contribution is 2.38. The number of aliphatic hydroxyl groups is 1. The summed E-state index contributed by atoms with van der Waals surface area (Å²) < 4.78 is 1.96. The predicted molar refractivity (Wildman–Crippen MR) is 109 cm³/mol. The van der Waals surface area contributed by atoms with Gasteiger partial charge in [-0.1, -0.05) is 6.42 Å². The molecule has 2 aliphatic rings. The first kappa shape index (κ1) is 19.1. The van der Waals surface area contributed by atoms with E-state index >= 15 is 0 Å². The van der Waals surface area contributed by atoms with Gasteiger partial charge in [-0.3, -0.25) is 4.68 Å². The molecule has 0 amide bonds. The normalized spacial score (nSPS) is 22.7. The van der Waals surface area contributed by atoms with E-state index in [-0.39, 0.29) is 12.1 Å². The van der Waals surface area contributed by atoms with Crippen LogP contribution in [-0.4, -0.2) is 69.1 Å². The molecule has 4 rings (SSSR count). The summed E-state index contributed by atoms with van der Waals surface area (Å²) in [4.78, 5) is 13.2. The van der Waals surface area contributed by atoms with Crippen LogP contribution >= 0.6 is 0 Å². The van der Waals surface area contributed by atoms with Gasteiger partial charge in [0.1, 0.15) is 18.0 Å². The Hall–Kier alpha value is -2.19. The number of aromatic nitrogens is 4. The van der Waals surface area contributed by atoms with Crippen LogP contribution in [0.4, 0.5) is 11.6 Å². The van der Waals surface area contributed by atoms with Crippen LogP contribution in [0.25, 0.3) is 0 Å². The van der Waals surface area contributed by atoms with E-state index in [0.717, 1.165) is 24.6 Å². The Bertz CT molecular complexity index is 802. The number of aryl methyl sites for hydroxylation is 1. The summed E-state index contributed by atoms with van der Waals surface area (Å²) in [5.41, 5.74) is 2.59. The second-order valence-corrected chi connectivity index (χ2v) is 8.37. The average Bonchev–Trinajstić information content (AvgIpc) is 3.14. The molecule has 1 aliphatic carbocycles. The summed E-state index contributed by atoms with van der Waals surface area (Å²) in [6, 6.07) is 2.25. The standard InChI is InChI=1S/C20H31N7O/c1-25(2)11-15-7-16(28)12-27(15)20-8-19(22-13-23-20)21-10-18-17(9-24-26(18)3)14-5-4-6-14/h8-9,13-16,28H,4-7,10-12H2,1-3H3,(H,21,22,23)/t15-,16-/m1/s1. The summed E-state index contributed by atoms with van der Waals surface area (Å²) in [7, 11) is 6.12. The number of nitrogens with one attached hydrogen (secondary N) is 1. The summed E-state index contributed by atoms with van der Waals surface area (Å²) in [6.07, 6.45) is 7.93. The quantitative estimate of drug-likeness (QED) is 0.749. The van der Waals surface area contributed by atoms with Gasteiger partial charge in [-0.15, -0.1) is 0 Å². The van der Waals surface area contributed by atoms with Gasteiger partial charge in [0, 0.05) is 32.2 Å². The Morgan fingerprint density at radius 2 is 2.11 bits per heavy atom. The minimum absolute atomic E-state index is 0.259. The van der Waals surface area contributed by atoms with Gasteiger partial charge >= 0.3 is 0 Å². The zero-order valence-electron chi connectivity index (χ0n) is 17.0. The van der Waals surface area contributed by atoms with Crippen molar-refractivity contribution in [3.63, 3.8) is 0 Å². The Morgan fingerprint density at radius 3 is 2.82 bits per heavy atom. The largest absolute Gasteiger partial charge is 0.391 e. The van der Waals surface area contributed by atoms with Crippen LogP contribution < -0.4 is 10.2 Å². The summed E-state index contributed by atoms with van der Waals surface area (Å²) in [5, 5.41) is 18.1. The summed E-state index contributed by atoms with van der Waals surface area (Å²) in [6.45, 7) is 2.20. The Labute approximate surface area is 166 Å². The molecule has 8 heteroatoms. The zero-order chi connectivity index (χ0) is 19.7. The fourth-order valence-electron chi connectivity index (χ4n) is 4.30. The fraction of sp³-hybridized carbons (Fsp3) is 0.650. The maximum Gasteiger partial charge on any atom is 0.134 e. The third-order valence-corrected chi connectivity index (χ3v) is 5.99. The molecule has 0 radical (unpaired) electrons. The van der Waals surface area contributed by atoms with Crippen LogP contribution in [-0.2, 0) is 13.6 Å². The van der Waals surface area contributed by atoms with Crippen LogP contribution in [0.1, 0.15) is 42.9 Å². The SMILES string of the molecule is CN(C)C[C@H]1C[C@@H](O)CN1c1cc(NCc2c(C3CCC3)cnn2C)ncn1. The minimum Gasteiger partial charge on any atom is -0.391 e. The van der Waals surface area contributed by atoms with Crippen LogP contribution in [0.3, 0.4) is 0 Å². The number of hydrogen-bond donors (Lipinski definition) is 2. The van der Waals surface area contributed by atoms with Crippen molar-refractivity contribution in [3.05, 3.63) is 29.8 Å². The molecule has 2 aromatic heterocycles. The topological polar surface area (TPSA) is 82.3 Å². The molecule has 2 fully saturated rings. The number of aliphatic hydroxyl groups excluding tert-OH is 1. The van der Waals surface area contributed by atoms with Crippen molar-refractivity contribution >= 4 is 11.6 Å². The van der Waals surface area contributed by atoms with Gasteiger partial charge in [-0.25, -0.2) is 9.97 Å². The van der Waals surface area contributed by atoms with E-state index in [4.69, 9.17) is 0 Å². The number of likely N-dealkylation sites (N-methyl/N-ethyl adjacent to an activating group) is 1. The summed E-state index contributed by atoms with van der Waals surface area (Å²) in [5.74, 6) is 2.32. The number of β-amino-alcohol motifs (C(OH)–C–C–N with tert-alkyl or cyclic N) is 1. The molecule has 1 aliphatic heterocycles. The van der Waals surface area contributed by atoms with Crippen molar-refractivity contribution in [2.24, 2.45) is 7.05 Å². The van der Waals surface area contributed by atoms with Gasteiger partial charge < -0.3 is 20.2 Å². The lowest BCUT2D eigenvalue weighted by Crippen LogP contribution is -2.38. The molecule has 0 bridgehead atoms. The highest BCUT2D eigenvalue weighted by atomic mass is 16.3. The van der Waals surface area contributed by atoms with Gasteiger partial charge in [-0.2, -0.15) is 5.10 Å². The molecular formula is C20H31N7O. The smallest absolute Gasteiger partial charge is 0.134 e. The molecule has 152 valence electrons. The number of hydrogen-bond acceptors (Lipinski definition) is 7. The molecule has 1 saturated carbocycles. The first-order chi connectivity index (χ1) is 13.5. The summed E-state index contributed by atoms with van der Waals surface area (Å²) >= 11 is 0. The Morgan fingerprint density at radius 1 is 1.29 bits per heavy atom. The van der Waals surface area contributed by atoms with Crippen molar-refractivity contribution in [1.82, 2.24) is 24.6 Å². The maximum atomic E-state index is 10.2. The third-order valence-electron chi connectivity index (χ3n) is 5.99. The molecule has 2 N–H and O–H groups in total. The minimum atomic E-state index is -0.309. The molecular weight excluding hydrogens is 354 g/mol. The predicted octanol–water partition coefficient (Wildman–Crippen LogP) is 1.59. The molecule has 0 spiro atoms. The van der Waals surface area contributed by atoms with Crippen molar-refractivity contribution in [2.75, 3.05) is 37.4 Å². The third kappa shape index (κ3) is 3.98. The zero-order valence-corrected chi connectivity index (χ0v) is 17.0. The van der Waals surface area contributed by atoms with E-state index in [9.17, 15) is 5.11 Å². The van der Waals surface area contributed by atoms with Crippen LogP contribution in [0, 0.1) is 0 Å². The number of anilines is 2.